The maximum atomic E-state index is 12.4. The summed E-state index contributed by atoms with van der Waals surface area (Å²) in [6.07, 6.45) is 0. The number of hydrogen-bond donors (Lipinski definition) is 2. The normalized spacial score (nSPS) is 10.4. The van der Waals surface area contributed by atoms with Crippen LogP contribution in [0.15, 0.2) is 18.2 Å². The van der Waals surface area contributed by atoms with E-state index in [1.165, 1.54) is 19.1 Å². The predicted octanol–water partition coefficient (Wildman–Crippen LogP) is 3.21. The van der Waals surface area contributed by atoms with Crippen LogP contribution < -0.4 is 5.32 Å². The van der Waals surface area contributed by atoms with Crippen molar-refractivity contribution >= 4 is 28.9 Å². The van der Waals surface area contributed by atoms with Crippen molar-refractivity contribution in [1.29, 1.82) is 0 Å². The van der Waals surface area contributed by atoms with Crippen LogP contribution in [0, 0.1) is 24.0 Å². The molecule has 9 nitrogen and oxygen atoms in total. The first-order valence-electron chi connectivity index (χ1n) is 8.60. The van der Waals surface area contributed by atoms with Crippen LogP contribution in [0.3, 0.4) is 0 Å². The number of nitro benzene ring substituents is 1. The molecule has 0 aliphatic rings. The molecule has 9 heteroatoms. The molecule has 2 rings (SSSR count). The molecule has 0 saturated carbocycles. The zero-order chi connectivity index (χ0) is 21.0. The lowest BCUT2D eigenvalue weighted by Crippen LogP contribution is -2.16. The highest BCUT2D eigenvalue weighted by Gasteiger charge is 2.22. The molecule has 1 heterocycles. The second kappa shape index (κ2) is 8.47. The second-order valence-corrected chi connectivity index (χ2v) is 6.20. The maximum absolute atomic E-state index is 12.4. The van der Waals surface area contributed by atoms with Gasteiger partial charge in [-0.1, -0.05) is 0 Å². The smallest absolute Gasteiger partial charge is 0.338 e. The number of rotatable bonds is 8. The van der Waals surface area contributed by atoms with Crippen LogP contribution in [-0.4, -0.2) is 40.6 Å². The number of nitro groups is 1. The summed E-state index contributed by atoms with van der Waals surface area (Å²) in [6, 6.07) is 3.90. The Balaban J connectivity index is 2.15. The fraction of sp³-hybridized carbons (Fsp3) is 0.316. The average Bonchev–Trinajstić information content (AvgIpc) is 2.94. The molecule has 148 valence electrons. The standard InChI is InChI=1S/C19H21N3O6/c1-5-20-14-7-6-13(8-15(14)22(26)27)19(25)28-9-16(24)18-10(2)17(12(4)23)11(3)21-18/h6-8,20-21H,5,9H2,1-4H3. The van der Waals surface area contributed by atoms with Gasteiger partial charge in [-0.05, 0) is 45.4 Å². The first-order valence-corrected chi connectivity index (χ1v) is 8.60. The van der Waals surface area contributed by atoms with E-state index in [4.69, 9.17) is 4.74 Å². The van der Waals surface area contributed by atoms with Crippen LogP contribution in [0.2, 0.25) is 0 Å². The van der Waals surface area contributed by atoms with Crippen molar-refractivity contribution in [2.24, 2.45) is 0 Å². The number of aromatic amines is 1. The number of ketones is 2. The molecule has 1 aromatic heterocycles. The molecule has 0 fully saturated rings. The molecule has 1 aromatic carbocycles. The van der Waals surface area contributed by atoms with E-state index in [0.717, 1.165) is 6.07 Å². The summed E-state index contributed by atoms with van der Waals surface area (Å²) >= 11 is 0. The minimum atomic E-state index is -0.854. The molecule has 0 saturated heterocycles. The molecule has 0 radical (unpaired) electrons. The summed E-state index contributed by atoms with van der Waals surface area (Å²) in [4.78, 5) is 49.6. The van der Waals surface area contributed by atoms with Gasteiger partial charge in [0.1, 0.15) is 5.69 Å². The molecule has 0 amide bonds. The number of nitrogens with zero attached hydrogens (tertiary/aromatic N) is 1. The van der Waals surface area contributed by atoms with Crippen LogP contribution in [0.4, 0.5) is 11.4 Å². The number of H-pyrrole nitrogens is 1. The number of benzene rings is 1. The summed E-state index contributed by atoms with van der Waals surface area (Å²) in [5.74, 6) is -1.53. The number of Topliss-reactive ketones (excluding diaryl/α,β-unsaturated/α-hetero) is 2. The number of hydrogen-bond acceptors (Lipinski definition) is 7. The summed E-state index contributed by atoms with van der Waals surface area (Å²) < 4.78 is 5.01. The minimum absolute atomic E-state index is 0.0371. The van der Waals surface area contributed by atoms with Gasteiger partial charge >= 0.3 is 5.97 Å². The molecule has 0 bridgehead atoms. The van der Waals surface area contributed by atoms with Crippen molar-refractivity contribution in [3.63, 3.8) is 0 Å². The van der Waals surface area contributed by atoms with E-state index in [1.807, 2.05) is 0 Å². The highest BCUT2D eigenvalue weighted by Crippen LogP contribution is 2.26. The molecular weight excluding hydrogens is 366 g/mol. The zero-order valence-corrected chi connectivity index (χ0v) is 16.0. The molecule has 0 unspecified atom stereocenters. The first kappa shape index (κ1) is 20.8. The van der Waals surface area contributed by atoms with E-state index in [1.54, 1.807) is 20.8 Å². The SMILES string of the molecule is CCNc1ccc(C(=O)OCC(=O)c2[nH]c(C)c(C(C)=O)c2C)cc1[N+](=O)[O-]. The number of aryl methyl sites for hydroxylation is 1. The largest absolute Gasteiger partial charge is 0.454 e. The molecule has 2 N–H and O–H groups in total. The van der Waals surface area contributed by atoms with Gasteiger partial charge in [0.25, 0.3) is 5.69 Å². The Morgan fingerprint density at radius 2 is 1.93 bits per heavy atom. The third-order valence-corrected chi connectivity index (χ3v) is 4.20. The lowest BCUT2D eigenvalue weighted by molar-refractivity contribution is -0.384. The molecule has 0 aliphatic heterocycles. The lowest BCUT2D eigenvalue weighted by atomic mass is 10.1. The second-order valence-electron chi connectivity index (χ2n) is 6.20. The zero-order valence-electron chi connectivity index (χ0n) is 16.0. The van der Waals surface area contributed by atoms with Crippen molar-refractivity contribution < 1.29 is 24.0 Å². The number of esters is 1. The quantitative estimate of drug-likeness (QED) is 0.308. The van der Waals surface area contributed by atoms with Crippen LogP contribution in [-0.2, 0) is 4.74 Å². The van der Waals surface area contributed by atoms with Crippen molar-refractivity contribution in [2.75, 3.05) is 18.5 Å². The van der Waals surface area contributed by atoms with Crippen LogP contribution in [0.5, 0.6) is 0 Å². The summed E-state index contributed by atoms with van der Waals surface area (Å²) in [5, 5.41) is 14.0. The minimum Gasteiger partial charge on any atom is -0.454 e. The summed E-state index contributed by atoms with van der Waals surface area (Å²) in [6.45, 7) is 6.44. The van der Waals surface area contributed by atoms with Gasteiger partial charge in [-0.15, -0.1) is 0 Å². The fourth-order valence-corrected chi connectivity index (χ4v) is 2.99. The van der Waals surface area contributed by atoms with Crippen LogP contribution in [0.25, 0.3) is 0 Å². The van der Waals surface area contributed by atoms with E-state index < -0.39 is 23.3 Å². The van der Waals surface area contributed by atoms with Gasteiger partial charge in [0, 0.05) is 23.9 Å². The molecule has 2 aromatic rings. The number of carbonyl (C=O) groups is 3. The topological polar surface area (TPSA) is 131 Å². The van der Waals surface area contributed by atoms with E-state index in [2.05, 4.69) is 10.3 Å². The van der Waals surface area contributed by atoms with Crippen molar-refractivity contribution in [3.8, 4) is 0 Å². The number of aromatic nitrogens is 1. The van der Waals surface area contributed by atoms with Gasteiger partial charge in [0.05, 0.1) is 16.2 Å². The number of carbonyl (C=O) groups excluding carboxylic acids is 3. The van der Waals surface area contributed by atoms with Gasteiger partial charge < -0.3 is 15.0 Å². The average molecular weight is 387 g/mol. The third kappa shape index (κ3) is 4.25. The van der Waals surface area contributed by atoms with Crippen molar-refractivity contribution in [3.05, 3.63) is 56.4 Å². The Morgan fingerprint density at radius 1 is 1.25 bits per heavy atom. The number of anilines is 1. The predicted molar refractivity (Wildman–Crippen MR) is 102 cm³/mol. The Morgan fingerprint density at radius 3 is 2.46 bits per heavy atom. The third-order valence-electron chi connectivity index (χ3n) is 4.20. The van der Waals surface area contributed by atoms with Crippen molar-refractivity contribution in [2.45, 2.75) is 27.7 Å². The molecule has 0 aliphatic carbocycles. The van der Waals surface area contributed by atoms with Crippen LogP contribution >= 0.6 is 0 Å². The number of nitrogens with one attached hydrogen (secondary N) is 2. The Kier molecular flexibility index (Phi) is 6.29. The van der Waals surface area contributed by atoms with Crippen molar-refractivity contribution in [1.82, 2.24) is 4.98 Å². The van der Waals surface area contributed by atoms with E-state index >= 15 is 0 Å². The monoisotopic (exact) mass is 387 g/mol. The molecule has 0 spiro atoms. The van der Waals surface area contributed by atoms with E-state index in [0.29, 0.717) is 23.4 Å². The summed E-state index contributed by atoms with van der Waals surface area (Å²) in [7, 11) is 0. The molecule has 0 atom stereocenters. The Bertz CT molecular complexity index is 961. The van der Waals surface area contributed by atoms with E-state index in [-0.39, 0.29) is 28.4 Å². The van der Waals surface area contributed by atoms with Crippen LogP contribution in [0.1, 0.15) is 56.3 Å². The lowest BCUT2D eigenvalue weighted by Gasteiger charge is -2.07. The van der Waals surface area contributed by atoms with E-state index in [9.17, 15) is 24.5 Å². The summed E-state index contributed by atoms with van der Waals surface area (Å²) in [5.41, 5.74) is 1.68. The molecular formula is C19H21N3O6. The Labute approximate surface area is 161 Å². The van der Waals surface area contributed by atoms with Gasteiger partial charge in [-0.2, -0.15) is 0 Å². The van der Waals surface area contributed by atoms with Gasteiger partial charge in [-0.3, -0.25) is 19.7 Å². The fourth-order valence-electron chi connectivity index (χ4n) is 2.99. The maximum Gasteiger partial charge on any atom is 0.338 e. The number of ether oxygens (including phenoxy) is 1. The van der Waals surface area contributed by atoms with Gasteiger partial charge in [-0.25, -0.2) is 4.79 Å². The highest BCUT2D eigenvalue weighted by molar-refractivity contribution is 6.04. The first-order chi connectivity index (χ1) is 13.2. The highest BCUT2D eigenvalue weighted by atomic mass is 16.6. The van der Waals surface area contributed by atoms with Gasteiger partial charge in [0.2, 0.25) is 5.78 Å². The van der Waals surface area contributed by atoms with Gasteiger partial charge in [0.15, 0.2) is 12.4 Å². The molecule has 28 heavy (non-hydrogen) atoms. The Hall–Kier alpha value is -3.49.